The predicted molar refractivity (Wildman–Crippen MR) is 93.9 cm³/mol. The SMILES string of the molecule is CCCN(CC(=O)Nc1cc(C)on1)C(=O)c1ccc(C)c([N+](=O)[O-])c1. The first-order chi connectivity index (χ1) is 12.3. The summed E-state index contributed by atoms with van der Waals surface area (Å²) in [5.74, 6) is -0.0562. The number of nitrogens with zero attached hydrogens (tertiary/aromatic N) is 3. The highest BCUT2D eigenvalue weighted by Crippen LogP contribution is 2.20. The number of nitro groups is 1. The molecule has 2 amide bonds. The van der Waals surface area contributed by atoms with Gasteiger partial charge in [-0.15, -0.1) is 0 Å². The zero-order valence-corrected chi connectivity index (χ0v) is 14.8. The number of hydrogen-bond donors (Lipinski definition) is 1. The van der Waals surface area contributed by atoms with E-state index in [-0.39, 0.29) is 23.6 Å². The van der Waals surface area contributed by atoms with Crippen molar-refractivity contribution in [3.63, 3.8) is 0 Å². The first-order valence-electron chi connectivity index (χ1n) is 8.09. The molecule has 0 aliphatic carbocycles. The minimum atomic E-state index is -0.532. The molecule has 9 nitrogen and oxygen atoms in total. The quantitative estimate of drug-likeness (QED) is 0.599. The van der Waals surface area contributed by atoms with Crippen LogP contribution in [0.25, 0.3) is 0 Å². The van der Waals surface area contributed by atoms with Crippen LogP contribution in [0, 0.1) is 24.0 Å². The molecule has 0 saturated carbocycles. The molecule has 0 radical (unpaired) electrons. The van der Waals surface area contributed by atoms with Crippen LogP contribution in [0.1, 0.15) is 35.0 Å². The monoisotopic (exact) mass is 360 g/mol. The Bertz CT molecular complexity index is 830. The molecule has 1 aromatic heterocycles. The molecule has 0 bridgehead atoms. The fraction of sp³-hybridized carbons (Fsp3) is 0.353. The lowest BCUT2D eigenvalue weighted by Crippen LogP contribution is -2.38. The van der Waals surface area contributed by atoms with Crippen molar-refractivity contribution in [3.8, 4) is 0 Å². The zero-order chi connectivity index (χ0) is 19.3. The standard InChI is InChI=1S/C17H20N4O5/c1-4-7-20(10-16(22)18-15-8-12(3)26-19-15)17(23)13-6-5-11(2)14(9-13)21(24)25/h5-6,8-9H,4,7,10H2,1-3H3,(H,18,19,22). The van der Waals surface area contributed by atoms with E-state index in [0.717, 1.165) is 0 Å². The Kier molecular flexibility index (Phi) is 6.05. The van der Waals surface area contributed by atoms with E-state index in [1.54, 1.807) is 19.9 Å². The lowest BCUT2D eigenvalue weighted by atomic mass is 10.1. The molecule has 9 heteroatoms. The molecule has 0 fully saturated rings. The number of rotatable bonds is 7. The third-order valence-corrected chi connectivity index (χ3v) is 3.66. The van der Waals surface area contributed by atoms with Gasteiger partial charge in [-0.3, -0.25) is 19.7 Å². The Morgan fingerprint density at radius 3 is 2.62 bits per heavy atom. The zero-order valence-electron chi connectivity index (χ0n) is 14.8. The van der Waals surface area contributed by atoms with Crippen LogP contribution in [0.4, 0.5) is 11.5 Å². The van der Waals surface area contributed by atoms with Gasteiger partial charge in [-0.05, 0) is 26.3 Å². The molecule has 0 aliphatic rings. The molecule has 0 atom stereocenters. The van der Waals surface area contributed by atoms with Gasteiger partial charge in [0.2, 0.25) is 5.91 Å². The highest BCUT2D eigenvalue weighted by atomic mass is 16.6. The van der Waals surface area contributed by atoms with E-state index in [0.29, 0.717) is 24.3 Å². The van der Waals surface area contributed by atoms with Gasteiger partial charge in [-0.25, -0.2) is 0 Å². The lowest BCUT2D eigenvalue weighted by molar-refractivity contribution is -0.385. The summed E-state index contributed by atoms with van der Waals surface area (Å²) in [6.07, 6.45) is 0.635. The molecule has 26 heavy (non-hydrogen) atoms. The van der Waals surface area contributed by atoms with Crippen LogP contribution in [-0.2, 0) is 4.79 Å². The van der Waals surface area contributed by atoms with E-state index >= 15 is 0 Å². The minimum Gasteiger partial charge on any atom is -0.360 e. The van der Waals surface area contributed by atoms with Crippen molar-refractivity contribution >= 4 is 23.3 Å². The maximum atomic E-state index is 12.7. The van der Waals surface area contributed by atoms with Crippen LogP contribution >= 0.6 is 0 Å². The third-order valence-electron chi connectivity index (χ3n) is 3.66. The largest absolute Gasteiger partial charge is 0.360 e. The summed E-state index contributed by atoms with van der Waals surface area (Å²) in [6.45, 7) is 5.31. The molecule has 0 saturated heterocycles. The van der Waals surface area contributed by atoms with E-state index in [2.05, 4.69) is 10.5 Å². The second-order valence-corrected chi connectivity index (χ2v) is 5.86. The van der Waals surface area contributed by atoms with Crippen molar-refractivity contribution in [1.29, 1.82) is 0 Å². The van der Waals surface area contributed by atoms with Gasteiger partial charge >= 0.3 is 0 Å². The average Bonchev–Trinajstić information content (AvgIpc) is 2.98. The highest BCUT2D eigenvalue weighted by Gasteiger charge is 2.21. The number of hydrogen-bond acceptors (Lipinski definition) is 6. The fourth-order valence-corrected chi connectivity index (χ4v) is 2.43. The molecule has 1 aromatic carbocycles. The highest BCUT2D eigenvalue weighted by molar-refractivity contribution is 5.99. The number of nitrogens with one attached hydrogen (secondary N) is 1. The van der Waals surface area contributed by atoms with Crippen LogP contribution < -0.4 is 5.32 Å². The van der Waals surface area contributed by atoms with Crippen LogP contribution in [0.2, 0.25) is 0 Å². The van der Waals surface area contributed by atoms with E-state index in [1.807, 2.05) is 6.92 Å². The van der Waals surface area contributed by atoms with Gasteiger partial charge in [0.15, 0.2) is 5.82 Å². The molecule has 1 heterocycles. The maximum Gasteiger partial charge on any atom is 0.273 e. The molecule has 0 aliphatic heterocycles. The van der Waals surface area contributed by atoms with Crippen molar-refractivity contribution in [3.05, 3.63) is 51.3 Å². The lowest BCUT2D eigenvalue weighted by Gasteiger charge is -2.21. The summed E-state index contributed by atoms with van der Waals surface area (Å²) >= 11 is 0. The normalized spacial score (nSPS) is 10.4. The number of benzene rings is 1. The molecule has 2 rings (SSSR count). The number of carbonyl (C=O) groups is 2. The molecule has 0 unspecified atom stereocenters. The van der Waals surface area contributed by atoms with Crippen LogP contribution in [0.15, 0.2) is 28.8 Å². The number of aromatic nitrogens is 1. The Hall–Kier alpha value is -3.23. The van der Waals surface area contributed by atoms with Crippen molar-refractivity contribution in [2.45, 2.75) is 27.2 Å². The molecule has 0 spiro atoms. The Labute approximate surface area is 150 Å². The van der Waals surface area contributed by atoms with Crippen molar-refractivity contribution in [1.82, 2.24) is 10.1 Å². The van der Waals surface area contributed by atoms with E-state index in [4.69, 9.17) is 4.52 Å². The van der Waals surface area contributed by atoms with Gasteiger partial charge in [0.1, 0.15) is 12.3 Å². The van der Waals surface area contributed by atoms with E-state index in [9.17, 15) is 19.7 Å². The second-order valence-electron chi connectivity index (χ2n) is 5.86. The molecular weight excluding hydrogens is 340 g/mol. The van der Waals surface area contributed by atoms with Gasteiger partial charge in [-0.2, -0.15) is 0 Å². The van der Waals surface area contributed by atoms with E-state index < -0.39 is 16.7 Å². The predicted octanol–water partition coefficient (Wildman–Crippen LogP) is 2.69. The fourth-order valence-electron chi connectivity index (χ4n) is 2.43. The number of nitro benzene ring substituents is 1. The Balaban J connectivity index is 2.15. The van der Waals surface area contributed by atoms with Gasteiger partial charge in [-0.1, -0.05) is 18.1 Å². The summed E-state index contributed by atoms with van der Waals surface area (Å²) in [4.78, 5) is 36.8. The number of aryl methyl sites for hydroxylation is 2. The van der Waals surface area contributed by atoms with Crippen molar-refractivity contribution in [2.75, 3.05) is 18.4 Å². The number of anilines is 1. The topological polar surface area (TPSA) is 119 Å². The third kappa shape index (κ3) is 4.65. The second kappa shape index (κ2) is 8.24. The van der Waals surface area contributed by atoms with E-state index in [1.165, 1.54) is 23.1 Å². The van der Waals surface area contributed by atoms with Crippen LogP contribution in [-0.4, -0.2) is 39.9 Å². The van der Waals surface area contributed by atoms with Gasteiger partial charge in [0.05, 0.1) is 4.92 Å². The van der Waals surface area contributed by atoms with Crippen molar-refractivity contribution < 1.29 is 19.0 Å². The van der Waals surface area contributed by atoms with Gasteiger partial charge < -0.3 is 14.7 Å². The average molecular weight is 360 g/mol. The number of carbonyl (C=O) groups excluding carboxylic acids is 2. The minimum absolute atomic E-state index is 0.130. The molecule has 2 aromatic rings. The maximum absolute atomic E-state index is 12.7. The van der Waals surface area contributed by atoms with Gasteiger partial charge in [0.25, 0.3) is 11.6 Å². The Morgan fingerprint density at radius 2 is 2.04 bits per heavy atom. The van der Waals surface area contributed by atoms with Gasteiger partial charge in [0, 0.05) is 29.8 Å². The van der Waals surface area contributed by atoms with Crippen molar-refractivity contribution in [2.24, 2.45) is 0 Å². The van der Waals surface area contributed by atoms with Crippen LogP contribution in [0.5, 0.6) is 0 Å². The summed E-state index contributed by atoms with van der Waals surface area (Å²) < 4.78 is 4.87. The summed E-state index contributed by atoms with van der Waals surface area (Å²) in [5.41, 5.74) is 0.503. The first-order valence-corrected chi connectivity index (χ1v) is 8.09. The summed E-state index contributed by atoms with van der Waals surface area (Å²) in [7, 11) is 0. The summed E-state index contributed by atoms with van der Waals surface area (Å²) in [5, 5.41) is 17.3. The Morgan fingerprint density at radius 1 is 1.31 bits per heavy atom. The molecule has 1 N–H and O–H groups in total. The smallest absolute Gasteiger partial charge is 0.273 e. The first kappa shape index (κ1) is 19.1. The summed E-state index contributed by atoms with van der Waals surface area (Å²) in [6, 6.07) is 5.84. The molecular formula is C17H20N4O5. The molecule has 138 valence electrons. The number of amides is 2. The van der Waals surface area contributed by atoms with Crippen LogP contribution in [0.3, 0.4) is 0 Å².